The molecule has 2 aliphatic carbocycles. The van der Waals surface area contributed by atoms with Crippen molar-refractivity contribution < 1.29 is 18.5 Å². The van der Waals surface area contributed by atoms with E-state index in [1.54, 1.807) is 0 Å². The van der Waals surface area contributed by atoms with Crippen LogP contribution in [0.4, 0.5) is 0 Å². The summed E-state index contributed by atoms with van der Waals surface area (Å²) in [7, 11) is -4.66. The van der Waals surface area contributed by atoms with Gasteiger partial charge >= 0.3 is 7.82 Å². The molecule has 1 N–H and O–H groups in total. The van der Waals surface area contributed by atoms with E-state index in [1.165, 1.54) is 44.5 Å². The van der Waals surface area contributed by atoms with Gasteiger partial charge in [-0.2, -0.15) is 13.5 Å². The van der Waals surface area contributed by atoms with E-state index in [9.17, 15) is 9.46 Å². The summed E-state index contributed by atoms with van der Waals surface area (Å²) < 4.78 is 27.7. The summed E-state index contributed by atoms with van der Waals surface area (Å²) in [6.07, 6.45) is 3.63. The molecule has 1 aliphatic heterocycles. The van der Waals surface area contributed by atoms with Crippen molar-refractivity contribution in [2.45, 2.75) is 150 Å². The van der Waals surface area contributed by atoms with Crippen LogP contribution < -0.4 is 9.05 Å². The third-order valence-corrected chi connectivity index (χ3v) is 13.1. The molecule has 0 aromatic heterocycles. The normalized spacial score (nSPS) is 16.5. The smallest absolute Gasteiger partial charge is 0.394 e. The Kier molecular flexibility index (Phi) is 10.7. The Hall–Kier alpha value is -2.98. The molecule has 0 bridgehead atoms. The Morgan fingerprint density at radius 2 is 0.868 bits per heavy atom. The van der Waals surface area contributed by atoms with Crippen molar-refractivity contribution in [3.63, 3.8) is 0 Å². The highest BCUT2D eigenvalue weighted by Crippen LogP contribution is 2.66. The molecule has 3 aliphatic rings. The maximum Gasteiger partial charge on any atom is 0.584 e. The third kappa shape index (κ3) is 6.51. The molecular weight excluding hydrogens is 692 g/mol. The predicted molar refractivity (Wildman–Crippen MR) is 227 cm³/mol. The Morgan fingerprint density at radius 3 is 1.15 bits per heavy atom. The Bertz CT molecular complexity index is 1920. The molecule has 0 amide bonds. The van der Waals surface area contributed by atoms with Crippen LogP contribution in [0.1, 0.15) is 187 Å². The van der Waals surface area contributed by atoms with Crippen molar-refractivity contribution in [2.24, 2.45) is 0 Å². The zero-order valence-corrected chi connectivity index (χ0v) is 35.9. The van der Waals surface area contributed by atoms with Crippen LogP contribution in [0.25, 0.3) is 22.3 Å². The van der Waals surface area contributed by atoms with Crippen LogP contribution in [0.3, 0.4) is 0 Å². The second-order valence-corrected chi connectivity index (χ2v) is 19.1. The lowest BCUT2D eigenvalue weighted by Crippen LogP contribution is -2.25. The maximum atomic E-state index is 14.6. The topological polar surface area (TPSA) is 55.8 Å². The quantitative estimate of drug-likeness (QED) is 0.182. The summed E-state index contributed by atoms with van der Waals surface area (Å²) in [4.78, 5) is 12.0. The third-order valence-electron chi connectivity index (χ3n) is 12.3. The number of aryl methyl sites for hydroxylation is 2. The van der Waals surface area contributed by atoms with Crippen LogP contribution in [0.2, 0.25) is 0 Å². The van der Waals surface area contributed by atoms with E-state index in [0.717, 1.165) is 59.1 Å². The SMILES string of the molecule is CC(C)c1cc(C(C)C)c(-c2ccc3c4c2OP(=O)(O)Oc2c(-c5c(C(C)C)cc(C(C)C)cc5C(C)C)ccc5c2C4(CC3)CC5)c(C(C)C)c1.S. The number of hydrogen-bond donors (Lipinski definition) is 1. The zero-order chi connectivity index (χ0) is 37.6. The summed E-state index contributed by atoms with van der Waals surface area (Å²) in [5.41, 5.74) is 16.0. The van der Waals surface area contributed by atoms with Gasteiger partial charge in [-0.3, -0.25) is 4.89 Å². The lowest BCUT2D eigenvalue weighted by Gasteiger charge is -2.36. The maximum absolute atomic E-state index is 14.6. The van der Waals surface area contributed by atoms with Gasteiger partial charge in [0, 0.05) is 27.7 Å². The highest BCUT2D eigenvalue weighted by atomic mass is 32.1. The number of benzene rings is 4. The van der Waals surface area contributed by atoms with E-state index in [1.807, 2.05) is 0 Å². The molecule has 4 aromatic carbocycles. The molecule has 0 atom stereocenters. The highest BCUT2D eigenvalue weighted by Gasteiger charge is 2.53. The monoisotopic (exact) mass is 752 g/mol. The van der Waals surface area contributed by atoms with E-state index in [4.69, 9.17) is 9.05 Å². The van der Waals surface area contributed by atoms with Crippen LogP contribution in [0.5, 0.6) is 11.5 Å². The van der Waals surface area contributed by atoms with Gasteiger partial charge in [-0.05, 0) is 117 Å². The second-order valence-electron chi connectivity index (χ2n) is 17.8. The first-order chi connectivity index (χ1) is 24.5. The van der Waals surface area contributed by atoms with Crippen molar-refractivity contribution in [2.75, 3.05) is 0 Å². The Balaban J connectivity index is 0.00000481. The van der Waals surface area contributed by atoms with Gasteiger partial charge in [0.1, 0.15) is 11.5 Å². The number of phosphoric acid groups is 1. The largest absolute Gasteiger partial charge is 0.584 e. The Labute approximate surface area is 326 Å². The van der Waals surface area contributed by atoms with Crippen LogP contribution in [-0.2, 0) is 22.8 Å². The van der Waals surface area contributed by atoms with Crippen LogP contribution in [-0.4, -0.2) is 4.89 Å². The van der Waals surface area contributed by atoms with Gasteiger partial charge in [0.15, 0.2) is 0 Å². The fraction of sp³-hybridized carbons (Fsp3) is 0.489. The average molecular weight is 753 g/mol. The van der Waals surface area contributed by atoms with Crippen LogP contribution in [0, 0.1) is 0 Å². The average Bonchev–Trinajstić information content (AvgIpc) is 3.63. The second kappa shape index (κ2) is 14.3. The standard InChI is InChI=1S/C47H59O4P.H2S/c1-25(2)33-21-37(27(5)6)41(38(22-33)28(7)8)35-15-13-31-17-19-47-20-18-32-14-16-36(46(44(32)47)51-52(48,49)50-45(35)43(31)47)42-39(29(9)10)23-34(26(3)4)24-40(42)30(11)12;/h13-16,21-30H,17-20H2,1-12H3,(H,48,49);1H2. The van der Waals surface area contributed by atoms with E-state index < -0.39 is 7.82 Å². The minimum absolute atomic E-state index is 0. The fourth-order valence-corrected chi connectivity index (χ4v) is 10.4. The minimum atomic E-state index is -4.66. The molecule has 6 heteroatoms. The highest BCUT2D eigenvalue weighted by molar-refractivity contribution is 7.59. The van der Waals surface area contributed by atoms with Gasteiger partial charge in [-0.1, -0.05) is 132 Å². The molecule has 0 radical (unpaired) electrons. The van der Waals surface area contributed by atoms with Gasteiger partial charge in [-0.25, -0.2) is 4.57 Å². The molecule has 0 saturated heterocycles. The van der Waals surface area contributed by atoms with E-state index in [0.29, 0.717) is 23.3 Å². The molecule has 7 rings (SSSR count). The van der Waals surface area contributed by atoms with Crippen LogP contribution >= 0.6 is 21.3 Å². The van der Waals surface area contributed by atoms with E-state index >= 15 is 0 Å². The van der Waals surface area contributed by atoms with Crippen molar-refractivity contribution >= 4 is 21.3 Å². The van der Waals surface area contributed by atoms with Gasteiger partial charge in [-0.15, -0.1) is 0 Å². The minimum Gasteiger partial charge on any atom is -0.394 e. The van der Waals surface area contributed by atoms with Gasteiger partial charge in [0.25, 0.3) is 0 Å². The van der Waals surface area contributed by atoms with Gasteiger partial charge in [0.2, 0.25) is 0 Å². The summed E-state index contributed by atoms with van der Waals surface area (Å²) >= 11 is 0. The van der Waals surface area contributed by atoms with Crippen molar-refractivity contribution in [1.29, 1.82) is 0 Å². The molecule has 1 heterocycles. The molecule has 0 fully saturated rings. The lowest BCUT2D eigenvalue weighted by atomic mass is 9.73. The first-order valence-electron chi connectivity index (χ1n) is 19.9. The molecular formula is C47H61O4PS. The number of phosphoric ester groups is 1. The summed E-state index contributed by atoms with van der Waals surface area (Å²) in [6.45, 7) is 27.0. The molecule has 0 saturated carbocycles. The van der Waals surface area contributed by atoms with Crippen molar-refractivity contribution in [1.82, 2.24) is 0 Å². The van der Waals surface area contributed by atoms with Gasteiger partial charge < -0.3 is 9.05 Å². The van der Waals surface area contributed by atoms with Gasteiger partial charge in [0.05, 0.1) is 0 Å². The predicted octanol–water partition coefficient (Wildman–Crippen LogP) is 13.9. The summed E-state index contributed by atoms with van der Waals surface area (Å²) in [5, 5.41) is 0. The molecule has 284 valence electrons. The molecule has 53 heavy (non-hydrogen) atoms. The summed E-state index contributed by atoms with van der Waals surface area (Å²) in [5.74, 6) is 2.85. The molecule has 4 nitrogen and oxygen atoms in total. The molecule has 4 aromatic rings. The zero-order valence-electron chi connectivity index (χ0n) is 34.0. The lowest BCUT2D eigenvalue weighted by molar-refractivity contribution is 0.281. The van der Waals surface area contributed by atoms with Crippen molar-refractivity contribution in [3.05, 3.63) is 104 Å². The fourth-order valence-electron chi connectivity index (χ4n) is 9.53. The molecule has 0 unspecified atom stereocenters. The van der Waals surface area contributed by atoms with Crippen molar-refractivity contribution in [3.8, 4) is 33.8 Å². The van der Waals surface area contributed by atoms with E-state index in [2.05, 4.69) is 132 Å². The Morgan fingerprint density at radius 1 is 0.547 bits per heavy atom. The summed E-state index contributed by atoms with van der Waals surface area (Å²) in [6, 6.07) is 18.3. The first-order valence-corrected chi connectivity index (χ1v) is 21.4. The molecule has 1 spiro atoms. The van der Waals surface area contributed by atoms with E-state index in [-0.39, 0.29) is 42.6 Å². The van der Waals surface area contributed by atoms with Crippen LogP contribution in [0.15, 0.2) is 48.5 Å². The number of rotatable bonds is 8. The number of hydrogen-bond acceptors (Lipinski definition) is 3. The first kappa shape index (κ1) is 39.7.